The zero-order valence-electron chi connectivity index (χ0n) is 15.4. The molecular weight excluding hydrogens is 366 g/mol. The van der Waals surface area contributed by atoms with E-state index in [0.29, 0.717) is 23.7 Å². The van der Waals surface area contributed by atoms with Gasteiger partial charge in [-0.05, 0) is 47.5 Å². The van der Waals surface area contributed by atoms with E-state index in [4.69, 9.17) is 10.00 Å². The Morgan fingerprint density at radius 3 is 2.76 bits per heavy atom. The summed E-state index contributed by atoms with van der Waals surface area (Å²) in [6, 6.07) is 20.0. The lowest BCUT2D eigenvalue weighted by Crippen LogP contribution is -2.40. The van der Waals surface area contributed by atoms with E-state index in [1.807, 2.05) is 36.4 Å². The second-order valence-corrected chi connectivity index (χ2v) is 6.31. The lowest BCUT2D eigenvalue weighted by Gasteiger charge is -2.24. The van der Waals surface area contributed by atoms with Crippen molar-refractivity contribution in [2.24, 2.45) is 0 Å². The van der Waals surface area contributed by atoms with E-state index in [1.54, 1.807) is 47.5 Å². The molecule has 0 spiro atoms. The number of rotatable bonds is 4. The first-order valence-corrected chi connectivity index (χ1v) is 8.94. The topological polar surface area (TPSA) is 90.3 Å². The predicted octanol–water partition coefficient (Wildman–Crippen LogP) is 4.27. The van der Waals surface area contributed by atoms with Crippen molar-refractivity contribution in [2.45, 2.75) is 6.54 Å². The molecule has 0 fully saturated rings. The Morgan fingerprint density at radius 1 is 1.10 bits per heavy atom. The normalized spacial score (nSPS) is 11.9. The summed E-state index contributed by atoms with van der Waals surface area (Å²) < 4.78 is 5.71. The van der Waals surface area contributed by atoms with Crippen LogP contribution in [-0.4, -0.2) is 15.9 Å². The number of hydrogen-bond donors (Lipinski definition) is 2. The van der Waals surface area contributed by atoms with Crippen molar-refractivity contribution in [3.8, 4) is 17.6 Å². The van der Waals surface area contributed by atoms with Crippen molar-refractivity contribution in [1.29, 1.82) is 5.26 Å². The summed E-state index contributed by atoms with van der Waals surface area (Å²) in [4.78, 5) is 17.9. The molecule has 1 aromatic heterocycles. The highest BCUT2D eigenvalue weighted by Gasteiger charge is 2.16. The standard InChI is InChI=1S/C22H17N5O2/c23-14-19-13-21(9-11-24-19)29-20-7-5-18(6-8-20)25-26-22(28)27-12-10-16-3-1-2-4-17(16)15-27/h1-13,25H,15H2,(H,26,28). The molecule has 2 amide bonds. The molecule has 0 saturated heterocycles. The van der Waals surface area contributed by atoms with Crippen molar-refractivity contribution in [3.63, 3.8) is 0 Å². The molecule has 0 aliphatic carbocycles. The van der Waals surface area contributed by atoms with Crippen LogP contribution in [0.4, 0.5) is 10.5 Å². The fourth-order valence-corrected chi connectivity index (χ4v) is 2.86. The van der Waals surface area contributed by atoms with Crippen LogP contribution in [0.25, 0.3) is 6.08 Å². The maximum atomic E-state index is 12.4. The molecule has 7 nitrogen and oxygen atoms in total. The average Bonchev–Trinajstić information content (AvgIpc) is 2.78. The molecule has 2 heterocycles. The summed E-state index contributed by atoms with van der Waals surface area (Å²) in [6.07, 6.45) is 5.20. The third-order valence-electron chi connectivity index (χ3n) is 4.34. The van der Waals surface area contributed by atoms with Crippen molar-refractivity contribution in [1.82, 2.24) is 15.3 Å². The molecule has 0 unspecified atom stereocenters. The van der Waals surface area contributed by atoms with E-state index in [2.05, 4.69) is 15.8 Å². The van der Waals surface area contributed by atoms with Gasteiger partial charge in [-0.25, -0.2) is 9.78 Å². The van der Waals surface area contributed by atoms with E-state index >= 15 is 0 Å². The lowest BCUT2D eigenvalue weighted by atomic mass is 10.0. The summed E-state index contributed by atoms with van der Waals surface area (Å²) in [5.74, 6) is 1.13. The van der Waals surface area contributed by atoms with Crippen LogP contribution in [0.2, 0.25) is 0 Å². The number of nitrogens with one attached hydrogen (secondary N) is 2. The van der Waals surface area contributed by atoms with Gasteiger partial charge < -0.3 is 4.74 Å². The van der Waals surface area contributed by atoms with Crippen molar-refractivity contribution < 1.29 is 9.53 Å². The van der Waals surface area contributed by atoms with Crippen LogP contribution in [0.5, 0.6) is 11.5 Å². The number of ether oxygens (including phenoxy) is 1. The maximum Gasteiger partial charge on any atom is 0.340 e. The largest absolute Gasteiger partial charge is 0.457 e. The fourth-order valence-electron chi connectivity index (χ4n) is 2.86. The Hall–Kier alpha value is -4.31. The van der Waals surface area contributed by atoms with Gasteiger partial charge >= 0.3 is 6.03 Å². The quantitative estimate of drug-likeness (QED) is 0.657. The Kier molecular flexibility index (Phi) is 5.08. The molecule has 1 aliphatic heterocycles. The van der Waals surface area contributed by atoms with Gasteiger partial charge in [0, 0.05) is 18.5 Å². The van der Waals surface area contributed by atoms with Crippen molar-refractivity contribution in [2.75, 3.05) is 5.43 Å². The third kappa shape index (κ3) is 4.34. The van der Waals surface area contributed by atoms with Gasteiger partial charge in [-0.15, -0.1) is 0 Å². The van der Waals surface area contributed by atoms with E-state index in [1.165, 1.54) is 6.20 Å². The number of fused-ring (bicyclic) bond motifs is 1. The van der Waals surface area contributed by atoms with Gasteiger partial charge in [0.1, 0.15) is 23.3 Å². The number of hydrogen-bond acceptors (Lipinski definition) is 5. The second-order valence-electron chi connectivity index (χ2n) is 6.31. The maximum absolute atomic E-state index is 12.4. The molecule has 2 N–H and O–H groups in total. The Morgan fingerprint density at radius 2 is 1.93 bits per heavy atom. The minimum atomic E-state index is -0.253. The summed E-state index contributed by atoms with van der Waals surface area (Å²) in [6.45, 7) is 0.517. The number of nitriles is 1. The minimum absolute atomic E-state index is 0.253. The Labute approximate surface area is 167 Å². The summed E-state index contributed by atoms with van der Waals surface area (Å²) >= 11 is 0. The molecule has 142 valence electrons. The molecule has 0 radical (unpaired) electrons. The van der Waals surface area contributed by atoms with Gasteiger partial charge in [-0.3, -0.25) is 15.8 Å². The molecule has 7 heteroatoms. The first kappa shape index (κ1) is 18.1. The van der Waals surface area contributed by atoms with Gasteiger partial charge in [0.2, 0.25) is 0 Å². The van der Waals surface area contributed by atoms with Gasteiger partial charge in [0.25, 0.3) is 0 Å². The number of benzene rings is 2. The second kappa shape index (κ2) is 8.15. The van der Waals surface area contributed by atoms with Crippen LogP contribution in [-0.2, 0) is 6.54 Å². The predicted molar refractivity (Wildman–Crippen MR) is 109 cm³/mol. The van der Waals surface area contributed by atoms with E-state index in [-0.39, 0.29) is 11.7 Å². The van der Waals surface area contributed by atoms with E-state index in [9.17, 15) is 4.79 Å². The number of pyridine rings is 1. The molecule has 0 saturated carbocycles. The number of urea groups is 1. The zero-order chi connectivity index (χ0) is 20.1. The highest BCUT2D eigenvalue weighted by Crippen LogP contribution is 2.23. The molecule has 0 bridgehead atoms. The van der Waals surface area contributed by atoms with E-state index in [0.717, 1.165) is 11.1 Å². The number of nitrogens with zero attached hydrogens (tertiary/aromatic N) is 3. The average molecular weight is 383 g/mol. The highest BCUT2D eigenvalue weighted by molar-refractivity contribution is 5.78. The number of carbonyl (C=O) groups excluding carboxylic acids is 1. The van der Waals surface area contributed by atoms with E-state index < -0.39 is 0 Å². The molecule has 29 heavy (non-hydrogen) atoms. The molecule has 4 rings (SSSR count). The number of hydrazine groups is 1. The number of carbonyl (C=O) groups is 1. The smallest absolute Gasteiger partial charge is 0.340 e. The van der Waals surface area contributed by atoms with Gasteiger partial charge in [-0.1, -0.05) is 24.3 Å². The fraction of sp³-hybridized carbons (Fsp3) is 0.0455. The van der Waals surface area contributed by atoms with Crippen LogP contribution in [0, 0.1) is 11.3 Å². The van der Waals surface area contributed by atoms with Gasteiger partial charge in [0.15, 0.2) is 0 Å². The van der Waals surface area contributed by atoms with Crippen molar-refractivity contribution >= 4 is 17.8 Å². The molecule has 2 aromatic carbocycles. The summed E-state index contributed by atoms with van der Waals surface area (Å²) in [7, 11) is 0. The number of aromatic nitrogens is 1. The van der Waals surface area contributed by atoms with Gasteiger partial charge in [0.05, 0.1) is 12.2 Å². The SMILES string of the molecule is N#Cc1cc(Oc2ccc(NNC(=O)N3C=Cc4ccccc4C3)cc2)ccn1. The molecular formula is C22H17N5O2. The van der Waals surface area contributed by atoms with Crippen LogP contribution >= 0.6 is 0 Å². The van der Waals surface area contributed by atoms with Crippen LogP contribution in [0.3, 0.4) is 0 Å². The Bertz CT molecular complexity index is 1100. The summed E-state index contributed by atoms with van der Waals surface area (Å²) in [5.41, 5.74) is 8.79. The highest BCUT2D eigenvalue weighted by atomic mass is 16.5. The minimum Gasteiger partial charge on any atom is -0.457 e. The Balaban J connectivity index is 1.32. The first-order chi connectivity index (χ1) is 14.2. The van der Waals surface area contributed by atoms with Crippen molar-refractivity contribution in [3.05, 3.63) is 89.9 Å². The van der Waals surface area contributed by atoms with Crippen LogP contribution in [0.15, 0.2) is 73.1 Å². The van der Waals surface area contributed by atoms with Crippen LogP contribution in [0.1, 0.15) is 16.8 Å². The number of anilines is 1. The monoisotopic (exact) mass is 383 g/mol. The van der Waals surface area contributed by atoms with Gasteiger partial charge in [-0.2, -0.15) is 5.26 Å². The summed E-state index contributed by atoms with van der Waals surface area (Å²) in [5, 5.41) is 8.89. The number of amides is 2. The third-order valence-corrected chi connectivity index (χ3v) is 4.34. The zero-order valence-corrected chi connectivity index (χ0v) is 15.4. The lowest BCUT2D eigenvalue weighted by molar-refractivity contribution is 0.215. The molecule has 3 aromatic rings. The first-order valence-electron chi connectivity index (χ1n) is 8.94. The van der Waals surface area contributed by atoms with Crippen LogP contribution < -0.4 is 15.6 Å². The molecule has 1 aliphatic rings. The molecule has 0 atom stereocenters.